The van der Waals surface area contributed by atoms with E-state index in [-0.39, 0.29) is 0 Å². The second-order valence-electron chi connectivity index (χ2n) is 4.46. The summed E-state index contributed by atoms with van der Waals surface area (Å²) in [5.74, 6) is 0. The lowest BCUT2D eigenvalue weighted by molar-refractivity contribution is 0.0973. The van der Waals surface area contributed by atoms with Gasteiger partial charge in [-0.3, -0.25) is 0 Å². The van der Waals surface area contributed by atoms with Crippen LogP contribution < -0.4 is 5.32 Å². The molecule has 2 fully saturated rings. The van der Waals surface area contributed by atoms with E-state index in [4.69, 9.17) is 4.74 Å². The van der Waals surface area contributed by atoms with Gasteiger partial charge < -0.3 is 10.1 Å². The molecule has 3 rings (SSSR count). The van der Waals surface area contributed by atoms with Crippen molar-refractivity contribution in [3.05, 3.63) is 16.1 Å². The minimum absolute atomic E-state index is 0.475. The largest absolute Gasteiger partial charge is 0.373 e. The zero-order valence-corrected chi connectivity index (χ0v) is 9.72. The molecule has 2 aliphatic rings. The lowest BCUT2D eigenvalue weighted by atomic mass is 9.95. The van der Waals surface area contributed by atoms with Crippen molar-refractivity contribution in [1.29, 1.82) is 0 Å². The maximum Gasteiger partial charge on any atom is 0.0798 e. The van der Waals surface area contributed by atoms with Crippen LogP contribution in [0.2, 0.25) is 0 Å². The standard InChI is InChI=1S/C11H16N2OS/c1-7-11(15-6-13-7)5-12-9-4-8-2-3-10(9)14-8/h6,8-10,12H,2-5H2,1H3. The van der Waals surface area contributed by atoms with Gasteiger partial charge >= 0.3 is 0 Å². The number of nitrogens with zero attached hydrogens (tertiary/aromatic N) is 1. The van der Waals surface area contributed by atoms with E-state index < -0.39 is 0 Å². The number of rotatable bonds is 3. The molecule has 1 aromatic heterocycles. The van der Waals surface area contributed by atoms with Crippen LogP contribution in [0, 0.1) is 6.92 Å². The summed E-state index contributed by atoms with van der Waals surface area (Å²) in [7, 11) is 0. The first-order valence-corrected chi connectivity index (χ1v) is 6.48. The van der Waals surface area contributed by atoms with Crippen LogP contribution in [-0.2, 0) is 11.3 Å². The Hall–Kier alpha value is -0.450. The quantitative estimate of drug-likeness (QED) is 0.851. The van der Waals surface area contributed by atoms with Crippen molar-refractivity contribution in [3.8, 4) is 0 Å². The minimum Gasteiger partial charge on any atom is -0.373 e. The Bertz CT molecular complexity index is 352. The Morgan fingerprint density at radius 3 is 3.13 bits per heavy atom. The number of nitrogens with one attached hydrogen (secondary N) is 1. The van der Waals surface area contributed by atoms with Crippen LogP contribution in [0.15, 0.2) is 5.51 Å². The van der Waals surface area contributed by atoms with Gasteiger partial charge in [0.15, 0.2) is 0 Å². The molecule has 2 aliphatic heterocycles. The third-order valence-corrected chi connectivity index (χ3v) is 4.41. The summed E-state index contributed by atoms with van der Waals surface area (Å²) >= 11 is 1.74. The molecule has 2 bridgehead atoms. The number of hydrogen-bond acceptors (Lipinski definition) is 4. The fraction of sp³-hybridized carbons (Fsp3) is 0.727. The molecule has 0 aromatic carbocycles. The molecule has 0 spiro atoms. The maximum atomic E-state index is 5.81. The van der Waals surface area contributed by atoms with E-state index >= 15 is 0 Å². The number of ether oxygens (including phenoxy) is 1. The van der Waals surface area contributed by atoms with Crippen molar-refractivity contribution < 1.29 is 4.74 Å². The highest BCUT2D eigenvalue weighted by Gasteiger charge is 2.40. The fourth-order valence-electron chi connectivity index (χ4n) is 2.57. The van der Waals surface area contributed by atoms with Gasteiger partial charge in [0.1, 0.15) is 0 Å². The zero-order chi connectivity index (χ0) is 10.3. The first-order valence-electron chi connectivity index (χ1n) is 5.61. The Morgan fingerprint density at radius 1 is 1.60 bits per heavy atom. The van der Waals surface area contributed by atoms with E-state index in [9.17, 15) is 0 Å². The molecule has 15 heavy (non-hydrogen) atoms. The first-order chi connectivity index (χ1) is 7.33. The second-order valence-corrected chi connectivity index (χ2v) is 5.40. The van der Waals surface area contributed by atoms with Gasteiger partial charge in [0, 0.05) is 17.5 Å². The van der Waals surface area contributed by atoms with Crippen molar-refractivity contribution in [2.45, 2.75) is 51.0 Å². The molecule has 0 saturated carbocycles. The Labute approximate surface area is 93.9 Å². The third kappa shape index (κ3) is 1.82. The molecule has 2 saturated heterocycles. The predicted molar refractivity (Wildman–Crippen MR) is 60.0 cm³/mol. The molecule has 0 aliphatic carbocycles. The van der Waals surface area contributed by atoms with Crippen molar-refractivity contribution in [2.24, 2.45) is 0 Å². The second kappa shape index (κ2) is 3.85. The SMILES string of the molecule is Cc1ncsc1CNC1CC2CCC1O2. The molecule has 3 atom stereocenters. The van der Waals surface area contributed by atoms with Crippen LogP contribution in [0.1, 0.15) is 29.8 Å². The van der Waals surface area contributed by atoms with E-state index in [2.05, 4.69) is 17.2 Å². The highest BCUT2D eigenvalue weighted by atomic mass is 32.1. The van der Waals surface area contributed by atoms with Crippen LogP contribution in [0.3, 0.4) is 0 Å². The van der Waals surface area contributed by atoms with Gasteiger partial charge in [-0.2, -0.15) is 0 Å². The normalized spacial score (nSPS) is 33.8. The molecular formula is C11H16N2OS. The summed E-state index contributed by atoms with van der Waals surface area (Å²) in [4.78, 5) is 5.62. The van der Waals surface area contributed by atoms with Crippen LogP contribution in [0.4, 0.5) is 0 Å². The molecule has 0 radical (unpaired) electrons. The smallest absolute Gasteiger partial charge is 0.0798 e. The molecule has 82 valence electrons. The highest BCUT2D eigenvalue weighted by Crippen LogP contribution is 2.34. The van der Waals surface area contributed by atoms with Crippen LogP contribution in [0.5, 0.6) is 0 Å². The monoisotopic (exact) mass is 224 g/mol. The number of aromatic nitrogens is 1. The Kier molecular flexibility index (Phi) is 2.50. The summed E-state index contributed by atoms with van der Waals surface area (Å²) in [6, 6.07) is 0.574. The van der Waals surface area contributed by atoms with Crippen molar-refractivity contribution in [1.82, 2.24) is 10.3 Å². The average Bonchev–Trinajstić information content (AvgIpc) is 2.90. The van der Waals surface area contributed by atoms with Crippen LogP contribution >= 0.6 is 11.3 Å². The first kappa shape index (κ1) is 9.75. The summed E-state index contributed by atoms with van der Waals surface area (Å²) in [5, 5.41) is 3.60. The van der Waals surface area contributed by atoms with E-state index in [1.807, 2.05) is 5.51 Å². The van der Waals surface area contributed by atoms with Crippen molar-refractivity contribution in [3.63, 3.8) is 0 Å². The Morgan fingerprint density at radius 2 is 2.53 bits per heavy atom. The molecule has 3 unspecified atom stereocenters. The summed E-state index contributed by atoms with van der Waals surface area (Å²) in [5.41, 5.74) is 3.08. The summed E-state index contributed by atoms with van der Waals surface area (Å²) in [6.45, 7) is 3.03. The highest BCUT2D eigenvalue weighted by molar-refractivity contribution is 7.09. The molecule has 4 heteroatoms. The van der Waals surface area contributed by atoms with E-state index in [0.717, 1.165) is 12.2 Å². The third-order valence-electron chi connectivity index (χ3n) is 3.48. The van der Waals surface area contributed by atoms with E-state index in [0.29, 0.717) is 18.2 Å². The van der Waals surface area contributed by atoms with Gasteiger partial charge in [-0.25, -0.2) is 4.98 Å². The van der Waals surface area contributed by atoms with Crippen molar-refractivity contribution >= 4 is 11.3 Å². The lowest BCUT2D eigenvalue weighted by Crippen LogP contribution is -2.36. The van der Waals surface area contributed by atoms with Crippen LogP contribution in [-0.4, -0.2) is 23.2 Å². The minimum atomic E-state index is 0.475. The molecule has 3 nitrogen and oxygen atoms in total. The summed E-state index contributed by atoms with van der Waals surface area (Å²) < 4.78 is 5.81. The van der Waals surface area contributed by atoms with Gasteiger partial charge in [0.2, 0.25) is 0 Å². The molecule has 0 amide bonds. The molecular weight excluding hydrogens is 208 g/mol. The molecule has 1 N–H and O–H groups in total. The molecule has 1 aromatic rings. The summed E-state index contributed by atoms with van der Waals surface area (Å²) in [6.07, 6.45) is 4.72. The Balaban J connectivity index is 1.57. The predicted octanol–water partition coefficient (Wildman–Crippen LogP) is 1.86. The average molecular weight is 224 g/mol. The number of hydrogen-bond donors (Lipinski definition) is 1. The lowest BCUT2D eigenvalue weighted by Gasteiger charge is -2.19. The van der Waals surface area contributed by atoms with Crippen molar-refractivity contribution in [2.75, 3.05) is 0 Å². The zero-order valence-electron chi connectivity index (χ0n) is 8.90. The van der Waals surface area contributed by atoms with E-state index in [1.54, 1.807) is 11.3 Å². The number of thiazole rings is 1. The maximum absolute atomic E-state index is 5.81. The van der Waals surface area contributed by atoms with Crippen LogP contribution in [0.25, 0.3) is 0 Å². The van der Waals surface area contributed by atoms with Gasteiger partial charge in [-0.1, -0.05) is 0 Å². The van der Waals surface area contributed by atoms with Gasteiger partial charge in [0.25, 0.3) is 0 Å². The van der Waals surface area contributed by atoms with Gasteiger partial charge in [-0.05, 0) is 26.2 Å². The van der Waals surface area contributed by atoms with E-state index in [1.165, 1.54) is 24.1 Å². The number of aryl methyl sites for hydroxylation is 1. The number of fused-ring (bicyclic) bond motifs is 2. The van der Waals surface area contributed by atoms with Gasteiger partial charge in [0.05, 0.1) is 23.4 Å². The topological polar surface area (TPSA) is 34.2 Å². The fourth-order valence-corrected chi connectivity index (χ4v) is 3.30. The molecule has 3 heterocycles. The van der Waals surface area contributed by atoms with Gasteiger partial charge in [-0.15, -0.1) is 11.3 Å².